The molecule has 1 N–H and O–H groups in total. The van der Waals surface area contributed by atoms with Crippen molar-refractivity contribution in [2.75, 3.05) is 74.1 Å². The molecule has 1 aromatic carbocycles. The van der Waals surface area contributed by atoms with Crippen LogP contribution in [0.3, 0.4) is 0 Å². The first kappa shape index (κ1) is 21.7. The van der Waals surface area contributed by atoms with Crippen molar-refractivity contribution in [3.05, 3.63) is 23.8 Å². The number of aliphatic imine (C=N–C) groups is 1. The van der Waals surface area contributed by atoms with E-state index in [0.717, 1.165) is 69.7 Å². The highest BCUT2D eigenvalue weighted by molar-refractivity contribution is 5.80. The fraction of sp³-hybridized carbons (Fsp3) is 0.682. The average Bonchev–Trinajstić information content (AvgIpc) is 3.23. The smallest absolute Gasteiger partial charge is 0.193 e. The third-order valence-corrected chi connectivity index (χ3v) is 6.10. The van der Waals surface area contributed by atoms with Gasteiger partial charge in [0.05, 0.1) is 20.8 Å². The van der Waals surface area contributed by atoms with Gasteiger partial charge in [-0.05, 0) is 45.1 Å². The van der Waals surface area contributed by atoms with E-state index in [4.69, 9.17) is 14.5 Å². The van der Waals surface area contributed by atoms with Gasteiger partial charge in [-0.1, -0.05) is 0 Å². The lowest BCUT2D eigenvalue weighted by atomic mass is 9.98. The number of guanidine groups is 1. The molecule has 2 fully saturated rings. The number of nitrogens with zero attached hydrogens (tertiary/aromatic N) is 4. The molecule has 0 bridgehead atoms. The summed E-state index contributed by atoms with van der Waals surface area (Å²) in [6.45, 7) is 9.14. The quantitative estimate of drug-likeness (QED) is 0.576. The van der Waals surface area contributed by atoms with E-state index >= 15 is 0 Å². The Labute approximate surface area is 175 Å². The van der Waals surface area contributed by atoms with Crippen molar-refractivity contribution in [1.29, 1.82) is 0 Å². The fourth-order valence-electron chi connectivity index (χ4n) is 4.21. The standard InChI is InChI=1S/C22H37N5O2/c1-6-23-22(24-14-19-16-25(2)9-10-26(19)3)27-8-7-17(15-27)18-11-20(28-4)13-21(12-18)29-5/h11-13,17,19H,6-10,14-16H2,1-5H3,(H,23,24). The third-order valence-electron chi connectivity index (χ3n) is 6.10. The number of ether oxygens (including phenoxy) is 2. The highest BCUT2D eigenvalue weighted by Crippen LogP contribution is 2.32. The Morgan fingerprint density at radius 2 is 1.79 bits per heavy atom. The van der Waals surface area contributed by atoms with Gasteiger partial charge >= 0.3 is 0 Å². The second-order valence-electron chi connectivity index (χ2n) is 8.17. The number of hydrogen-bond acceptors (Lipinski definition) is 5. The SMILES string of the molecule is CCNC(=NCC1CN(C)CCN1C)N1CCC(c2cc(OC)cc(OC)c2)C1. The van der Waals surface area contributed by atoms with Crippen molar-refractivity contribution in [2.45, 2.75) is 25.3 Å². The normalized spacial score (nSPS) is 24.0. The molecule has 2 atom stereocenters. The van der Waals surface area contributed by atoms with E-state index in [-0.39, 0.29) is 0 Å². The van der Waals surface area contributed by atoms with Crippen molar-refractivity contribution in [1.82, 2.24) is 20.0 Å². The Balaban J connectivity index is 1.68. The van der Waals surface area contributed by atoms with Gasteiger partial charge in [-0.3, -0.25) is 9.89 Å². The maximum atomic E-state index is 5.46. The zero-order valence-electron chi connectivity index (χ0n) is 18.6. The second kappa shape index (κ2) is 10.2. The number of piperazine rings is 1. The average molecular weight is 404 g/mol. The van der Waals surface area contributed by atoms with Gasteiger partial charge in [0.2, 0.25) is 0 Å². The molecule has 2 unspecified atom stereocenters. The first-order chi connectivity index (χ1) is 14.0. The summed E-state index contributed by atoms with van der Waals surface area (Å²) in [6, 6.07) is 6.67. The van der Waals surface area contributed by atoms with E-state index in [9.17, 15) is 0 Å². The van der Waals surface area contributed by atoms with Crippen LogP contribution in [0.25, 0.3) is 0 Å². The first-order valence-corrected chi connectivity index (χ1v) is 10.7. The fourth-order valence-corrected chi connectivity index (χ4v) is 4.21. The molecule has 29 heavy (non-hydrogen) atoms. The van der Waals surface area contributed by atoms with Gasteiger partial charge in [-0.2, -0.15) is 0 Å². The van der Waals surface area contributed by atoms with Crippen molar-refractivity contribution in [3.63, 3.8) is 0 Å². The Morgan fingerprint density at radius 1 is 1.07 bits per heavy atom. The van der Waals surface area contributed by atoms with Crippen LogP contribution in [0.15, 0.2) is 23.2 Å². The lowest BCUT2D eigenvalue weighted by Crippen LogP contribution is -2.51. The topological polar surface area (TPSA) is 52.6 Å². The van der Waals surface area contributed by atoms with E-state index in [0.29, 0.717) is 12.0 Å². The lowest BCUT2D eigenvalue weighted by molar-refractivity contribution is 0.119. The summed E-state index contributed by atoms with van der Waals surface area (Å²) in [6.07, 6.45) is 1.10. The maximum Gasteiger partial charge on any atom is 0.193 e. The van der Waals surface area contributed by atoms with Gasteiger partial charge in [-0.15, -0.1) is 0 Å². The largest absolute Gasteiger partial charge is 0.497 e. The van der Waals surface area contributed by atoms with Crippen LogP contribution in [0.1, 0.15) is 24.8 Å². The van der Waals surface area contributed by atoms with Gasteiger partial charge in [0.25, 0.3) is 0 Å². The predicted molar refractivity (Wildman–Crippen MR) is 118 cm³/mol. The van der Waals surface area contributed by atoms with Gasteiger partial charge in [0.1, 0.15) is 11.5 Å². The molecule has 2 saturated heterocycles. The molecule has 0 spiro atoms. The Morgan fingerprint density at radius 3 is 2.45 bits per heavy atom. The molecule has 0 aromatic heterocycles. The molecule has 2 aliphatic rings. The molecule has 0 amide bonds. The monoisotopic (exact) mass is 403 g/mol. The number of hydrogen-bond donors (Lipinski definition) is 1. The van der Waals surface area contributed by atoms with E-state index in [1.807, 2.05) is 6.07 Å². The van der Waals surface area contributed by atoms with Crippen molar-refractivity contribution in [3.8, 4) is 11.5 Å². The number of benzene rings is 1. The van der Waals surface area contributed by atoms with Crippen molar-refractivity contribution in [2.24, 2.45) is 4.99 Å². The minimum absolute atomic E-state index is 0.450. The molecule has 3 rings (SSSR count). The Hall–Kier alpha value is -1.99. The van der Waals surface area contributed by atoms with Gasteiger partial charge in [0.15, 0.2) is 5.96 Å². The maximum absolute atomic E-state index is 5.46. The molecule has 162 valence electrons. The number of methoxy groups -OCH3 is 2. The van der Waals surface area contributed by atoms with Crippen molar-refractivity contribution >= 4 is 5.96 Å². The van der Waals surface area contributed by atoms with E-state index in [1.54, 1.807) is 14.2 Å². The number of likely N-dealkylation sites (N-methyl/N-ethyl adjacent to an activating group) is 2. The van der Waals surface area contributed by atoms with Crippen LogP contribution in [-0.4, -0.2) is 101 Å². The molecular formula is C22H37N5O2. The Kier molecular flexibility index (Phi) is 7.61. The van der Waals surface area contributed by atoms with Gasteiger partial charge in [-0.25, -0.2) is 0 Å². The molecule has 0 radical (unpaired) electrons. The van der Waals surface area contributed by atoms with Crippen LogP contribution >= 0.6 is 0 Å². The molecule has 0 saturated carbocycles. The van der Waals surface area contributed by atoms with E-state index in [1.165, 1.54) is 5.56 Å². The van der Waals surface area contributed by atoms with E-state index < -0.39 is 0 Å². The summed E-state index contributed by atoms with van der Waals surface area (Å²) in [4.78, 5) is 12.2. The van der Waals surface area contributed by atoms with Crippen LogP contribution in [-0.2, 0) is 0 Å². The summed E-state index contributed by atoms with van der Waals surface area (Å²) in [5.41, 5.74) is 1.27. The summed E-state index contributed by atoms with van der Waals surface area (Å²) in [5.74, 6) is 3.18. The van der Waals surface area contributed by atoms with E-state index in [2.05, 4.69) is 53.2 Å². The zero-order valence-corrected chi connectivity index (χ0v) is 18.6. The van der Waals surface area contributed by atoms with Crippen LogP contribution in [0.5, 0.6) is 11.5 Å². The number of rotatable bonds is 6. The number of nitrogens with one attached hydrogen (secondary N) is 1. The minimum Gasteiger partial charge on any atom is -0.497 e. The zero-order chi connectivity index (χ0) is 20.8. The van der Waals surface area contributed by atoms with Crippen molar-refractivity contribution < 1.29 is 9.47 Å². The predicted octanol–water partition coefficient (Wildman–Crippen LogP) is 1.70. The molecular weight excluding hydrogens is 366 g/mol. The minimum atomic E-state index is 0.450. The summed E-state index contributed by atoms with van der Waals surface area (Å²) in [7, 11) is 7.81. The molecule has 2 heterocycles. The van der Waals surface area contributed by atoms with Gasteiger partial charge < -0.3 is 24.6 Å². The van der Waals surface area contributed by atoms with Crippen LogP contribution < -0.4 is 14.8 Å². The highest BCUT2D eigenvalue weighted by atomic mass is 16.5. The molecule has 1 aromatic rings. The Bertz CT molecular complexity index is 674. The summed E-state index contributed by atoms with van der Waals surface area (Å²) < 4.78 is 10.9. The third kappa shape index (κ3) is 5.54. The van der Waals surface area contributed by atoms with Crippen LogP contribution in [0.4, 0.5) is 0 Å². The van der Waals surface area contributed by atoms with Crippen LogP contribution in [0.2, 0.25) is 0 Å². The molecule has 7 heteroatoms. The molecule has 2 aliphatic heterocycles. The van der Waals surface area contributed by atoms with Crippen LogP contribution in [0, 0.1) is 0 Å². The highest BCUT2D eigenvalue weighted by Gasteiger charge is 2.28. The number of likely N-dealkylation sites (tertiary alicyclic amines) is 1. The lowest BCUT2D eigenvalue weighted by Gasteiger charge is -2.37. The molecule has 0 aliphatic carbocycles. The van der Waals surface area contributed by atoms with Gasteiger partial charge in [0, 0.05) is 57.3 Å². The summed E-state index contributed by atoms with van der Waals surface area (Å²) >= 11 is 0. The second-order valence-corrected chi connectivity index (χ2v) is 8.17. The molecule has 7 nitrogen and oxygen atoms in total. The summed E-state index contributed by atoms with van der Waals surface area (Å²) in [5, 5.41) is 3.50. The first-order valence-electron chi connectivity index (χ1n) is 10.7.